The Balaban J connectivity index is 2.09. The number of rotatable bonds is 2. The van der Waals surface area contributed by atoms with Crippen LogP contribution in [0.15, 0.2) is 24.3 Å². The molecule has 0 spiro atoms. The maximum atomic E-state index is 12.1. The number of benzene rings is 1. The van der Waals surface area contributed by atoms with E-state index in [1.807, 2.05) is 24.3 Å². The van der Waals surface area contributed by atoms with E-state index in [0.29, 0.717) is 11.7 Å². The molecule has 1 aromatic carbocycles. The van der Waals surface area contributed by atoms with E-state index in [1.54, 1.807) is 0 Å². The summed E-state index contributed by atoms with van der Waals surface area (Å²) in [4.78, 5) is 12.1. The first-order chi connectivity index (χ1) is 7.27. The minimum absolute atomic E-state index is 0.291. The van der Waals surface area contributed by atoms with Crippen LogP contribution < -0.4 is 0 Å². The second kappa shape index (κ2) is 5.10. The van der Waals surface area contributed by atoms with Gasteiger partial charge in [-0.25, -0.2) is 0 Å². The lowest BCUT2D eigenvalue weighted by atomic mass is 9.84. The fraction of sp³-hybridized carbons (Fsp3) is 0.462. The molecule has 0 aliphatic heterocycles. The van der Waals surface area contributed by atoms with E-state index >= 15 is 0 Å². The molecule has 1 aliphatic carbocycles. The van der Waals surface area contributed by atoms with Gasteiger partial charge >= 0.3 is 0 Å². The lowest BCUT2D eigenvalue weighted by Gasteiger charge is -2.20. The van der Waals surface area contributed by atoms with Crippen LogP contribution in [0.3, 0.4) is 0 Å². The molecular weight excluding hydrogens is 299 g/mol. The zero-order chi connectivity index (χ0) is 10.7. The Labute approximate surface area is 104 Å². The van der Waals surface area contributed by atoms with Gasteiger partial charge in [0.05, 0.1) is 0 Å². The van der Waals surface area contributed by atoms with Gasteiger partial charge in [-0.2, -0.15) is 0 Å². The van der Waals surface area contributed by atoms with Crippen molar-refractivity contribution >= 4 is 28.4 Å². The number of carbonyl (C=O) groups is 1. The van der Waals surface area contributed by atoms with Crippen molar-refractivity contribution in [2.24, 2.45) is 5.92 Å². The molecule has 0 unspecified atom stereocenters. The van der Waals surface area contributed by atoms with Gasteiger partial charge in [0.1, 0.15) is 0 Å². The maximum Gasteiger partial charge on any atom is 0.165 e. The SMILES string of the molecule is O=C(c1ccc(I)cc1)C1CCCCC1. The second-order valence-electron chi connectivity index (χ2n) is 4.21. The second-order valence-corrected chi connectivity index (χ2v) is 5.45. The van der Waals surface area contributed by atoms with Crippen molar-refractivity contribution in [2.45, 2.75) is 32.1 Å². The molecule has 0 bridgehead atoms. The van der Waals surface area contributed by atoms with Crippen molar-refractivity contribution in [3.63, 3.8) is 0 Å². The maximum absolute atomic E-state index is 12.1. The molecule has 0 aromatic heterocycles. The largest absolute Gasteiger partial charge is 0.294 e. The summed E-state index contributed by atoms with van der Waals surface area (Å²) in [7, 11) is 0. The van der Waals surface area contributed by atoms with Gasteiger partial charge < -0.3 is 0 Å². The highest BCUT2D eigenvalue weighted by Crippen LogP contribution is 2.26. The van der Waals surface area contributed by atoms with E-state index in [2.05, 4.69) is 22.6 Å². The summed E-state index contributed by atoms with van der Waals surface area (Å²) in [6.07, 6.45) is 5.92. The summed E-state index contributed by atoms with van der Waals surface area (Å²) in [6, 6.07) is 7.94. The van der Waals surface area contributed by atoms with Crippen molar-refractivity contribution in [1.82, 2.24) is 0 Å². The third-order valence-corrected chi connectivity index (χ3v) is 3.82. The van der Waals surface area contributed by atoms with Gasteiger partial charge in [0.25, 0.3) is 0 Å². The van der Waals surface area contributed by atoms with E-state index in [4.69, 9.17) is 0 Å². The van der Waals surface area contributed by atoms with Gasteiger partial charge in [-0.1, -0.05) is 31.4 Å². The predicted octanol–water partition coefficient (Wildman–Crippen LogP) is 4.05. The van der Waals surface area contributed by atoms with Crippen LogP contribution in [0.4, 0.5) is 0 Å². The molecule has 1 saturated carbocycles. The molecular formula is C13H15IO. The number of carbonyl (C=O) groups excluding carboxylic acids is 1. The topological polar surface area (TPSA) is 17.1 Å². The molecule has 1 nitrogen and oxygen atoms in total. The molecule has 0 heterocycles. The fourth-order valence-corrected chi connectivity index (χ4v) is 2.57. The third-order valence-electron chi connectivity index (χ3n) is 3.10. The Kier molecular flexibility index (Phi) is 3.78. The fourth-order valence-electron chi connectivity index (χ4n) is 2.21. The first kappa shape index (κ1) is 11.1. The zero-order valence-corrected chi connectivity index (χ0v) is 10.9. The summed E-state index contributed by atoms with van der Waals surface area (Å²) in [5.41, 5.74) is 0.891. The lowest BCUT2D eigenvalue weighted by molar-refractivity contribution is 0.0889. The number of halogens is 1. The zero-order valence-electron chi connectivity index (χ0n) is 8.71. The van der Waals surface area contributed by atoms with Crippen LogP contribution in [-0.2, 0) is 0 Å². The highest BCUT2D eigenvalue weighted by Gasteiger charge is 2.21. The Morgan fingerprint density at radius 2 is 1.67 bits per heavy atom. The number of hydrogen-bond donors (Lipinski definition) is 0. The first-order valence-electron chi connectivity index (χ1n) is 5.57. The van der Waals surface area contributed by atoms with Gasteiger partial charge in [0, 0.05) is 15.1 Å². The Bertz CT molecular complexity index is 336. The number of Topliss-reactive ketones (excluding diaryl/α,β-unsaturated/α-hetero) is 1. The molecule has 0 atom stereocenters. The summed E-state index contributed by atoms with van der Waals surface area (Å²) >= 11 is 2.26. The molecule has 1 aliphatic rings. The van der Waals surface area contributed by atoms with Crippen molar-refractivity contribution in [2.75, 3.05) is 0 Å². The van der Waals surface area contributed by atoms with Crippen LogP contribution in [0, 0.1) is 9.49 Å². The average molecular weight is 314 g/mol. The highest BCUT2D eigenvalue weighted by molar-refractivity contribution is 14.1. The predicted molar refractivity (Wildman–Crippen MR) is 70.1 cm³/mol. The summed E-state index contributed by atoms with van der Waals surface area (Å²) < 4.78 is 1.19. The summed E-state index contributed by atoms with van der Waals surface area (Å²) in [5, 5.41) is 0. The Morgan fingerprint density at radius 1 is 1.07 bits per heavy atom. The van der Waals surface area contributed by atoms with Gasteiger partial charge in [-0.15, -0.1) is 0 Å². The molecule has 2 heteroatoms. The van der Waals surface area contributed by atoms with E-state index in [9.17, 15) is 4.79 Å². The highest BCUT2D eigenvalue weighted by atomic mass is 127. The van der Waals surface area contributed by atoms with Crippen LogP contribution >= 0.6 is 22.6 Å². The van der Waals surface area contributed by atoms with Gasteiger partial charge in [-0.3, -0.25) is 4.79 Å². The quantitative estimate of drug-likeness (QED) is 0.594. The standard InChI is InChI=1S/C13H15IO/c14-12-8-6-11(7-9-12)13(15)10-4-2-1-3-5-10/h6-10H,1-5H2. The first-order valence-corrected chi connectivity index (χ1v) is 6.65. The van der Waals surface area contributed by atoms with Crippen LogP contribution in [0.1, 0.15) is 42.5 Å². The van der Waals surface area contributed by atoms with Gasteiger partial charge in [0.15, 0.2) is 5.78 Å². The smallest absolute Gasteiger partial charge is 0.165 e. The van der Waals surface area contributed by atoms with Crippen molar-refractivity contribution in [3.05, 3.63) is 33.4 Å². The summed E-state index contributed by atoms with van der Waals surface area (Å²) in [5.74, 6) is 0.643. The minimum atomic E-state index is 0.291. The van der Waals surface area contributed by atoms with Crippen LogP contribution in [0.2, 0.25) is 0 Å². The van der Waals surface area contributed by atoms with Gasteiger partial charge in [0.2, 0.25) is 0 Å². The Morgan fingerprint density at radius 3 is 2.27 bits per heavy atom. The van der Waals surface area contributed by atoms with Crippen LogP contribution in [-0.4, -0.2) is 5.78 Å². The molecule has 15 heavy (non-hydrogen) atoms. The molecule has 80 valence electrons. The van der Waals surface area contributed by atoms with Crippen LogP contribution in [0.25, 0.3) is 0 Å². The molecule has 0 saturated heterocycles. The van der Waals surface area contributed by atoms with Crippen molar-refractivity contribution in [3.8, 4) is 0 Å². The Hall–Kier alpha value is -0.380. The van der Waals surface area contributed by atoms with Gasteiger partial charge in [-0.05, 0) is 47.6 Å². The molecule has 0 amide bonds. The number of ketones is 1. The monoisotopic (exact) mass is 314 g/mol. The third kappa shape index (κ3) is 2.80. The molecule has 1 aromatic rings. The molecule has 0 N–H and O–H groups in total. The molecule has 0 radical (unpaired) electrons. The van der Waals surface area contributed by atoms with Crippen molar-refractivity contribution in [1.29, 1.82) is 0 Å². The lowest BCUT2D eigenvalue weighted by Crippen LogP contribution is -2.17. The van der Waals surface area contributed by atoms with E-state index < -0.39 is 0 Å². The minimum Gasteiger partial charge on any atom is -0.294 e. The van der Waals surface area contributed by atoms with E-state index in [0.717, 1.165) is 18.4 Å². The normalized spacial score (nSPS) is 17.7. The van der Waals surface area contributed by atoms with E-state index in [1.165, 1.54) is 22.8 Å². The van der Waals surface area contributed by atoms with E-state index in [-0.39, 0.29) is 0 Å². The van der Waals surface area contributed by atoms with Crippen LogP contribution in [0.5, 0.6) is 0 Å². The van der Waals surface area contributed by atoms with Crippen molar-refractivity contribution < 1.29 is 4.79 Å². The molecule has 1 fully saturated rings. The molecule has 2 rings (SSSR count). The average Bonchev–Trinajstić information content (AvgIpc) is 2.30. The number of hydrogen-bond acceptors (Lipinski definition) is 1. The summed E-state index contributed by atoms with van der Waals surface area (Å²) in [6.45, 7) is 0.